The average molecular weight is 406 g/mol. The zero-order chi connectivity index (χ0) is 19.6. The SMILES string of the molecule is COC(=O)C1(C)CC(C(=O)Nc2ccc(Cl)cc2)=NN1c1ccc(Cl)cc1. The van der Waals surface area contributed by atoms with Crippen LogP contribution in [0.5, 0.6) is 0 Å². The molecule has 2 aromatic rings. The highest BCUT2D eigenvalue weighted by atomic mass is 35.5. The van der Waals surface area contributed by atoms with Crippen LogP contribution in [-0.2, 0) is 14.3 Å². The van der Waals surface area contributed by atoms with Gasteiger partial charge in [0.15, 0.2) is 5.54 Å². The lowest BCUT2D eigenvalue weighted by Gasteiger charge is -2.31. The monoisotopic (exact) mass is 405 g/mol. The normalized spacial score (nSPS) is 18.8. The van der Waals surface area contributed by atoms with Gasteiger partial charge in [-0.2, -0.15) is 5.10 Å². The van der Waals surface area contributed by atoms with Gasteiger partial charge in [0, 0.05) is 22.2 Å². The Morgan fingerprint density at radius 3 is 2.19 bits per heavy atom. The number of rotatable bonds is 4. The minimum absolute atomic E-state index is 0.0989. The molecule has 2 aromatic carbocycles. The van der Waals surface area contributed by atoms with Gasteiger partial charge in [0.2, 0.25) is 0 Å². The van der Waals surface area contributed by atoms with Crippen molar-refractivity contribution in [1.29, 1.82) is 0 Å². The van der Waals surface area contributed by atoms with Gasteiger partial charge in [-0.05, 0) is 55.5 Å². The Hall–Kier alpha value is -2.57. The highest BCUT2D eigenvalue weighted by molar-refractivity contribution is 6.44. The standard InChI is InChI=1S/C19H17Cl2N3O3/c1-19(18(26)27-2)11-16(17(25)22-14-7-3-12(20)4-8-14)23-24(19)15-9-5-13(21)6-10-15/h3-10H,11H2,1-2H3,(H,22,25). The number of methoxy groups -OCH3 is 1. The number of anilines is 2. The number of esters is 1. The fourth-order valence-corrected chi connectivity index (χ4v) is 3.08. The molecule has 1 N–H and O–H groups in total. The van der Waals surface area contributed by atoms with Gasteiger partial charge in [0.25, 0.3) is 5.91 Å². The van der Waals surface area contributed by atoms with Gasteiger partial charge in [0.1, 0.15) is 5.71 Å². The number of hydrogen-bond donors (Lipinski definition) is 1. The number of ether oxygens (including phenoxy) is 1. The molecule has 27 heavy (non-hydrogen) atoms. The summed E-state index contributed by atoms with van der Waals surface area (Å²) in [6.07, 6.45) is 0.0989. The van der Waals surface area contributed by atoms with Crippen molar-refractivity contribution in [1.82, 2.24) is 0 Å². The molecule has 6 nitrogen and oxygen atoms in total. The minimum Gasteiger partial charge on any atom is -0.467 e. The third-order valence-corrected chi connectivity index (χ3v) is 4.76. The first-order valence-electron chi connectivity index (χ1n) is 8.12. The molecule has 1 unspecified atom stereocenters. The van der Waals surface area contributed by atoms with E-state index in [0.29, 0.717) is 21.4 Å². The number of benzene rings is 2. The van der Waals surface area contributed by atoms with E-state index in [1.807, 2.05) is 0 Å². The Kier molecular flexibility index (Phi) is 5.39. The minimum atomic E-state index is -1.14. The highest BCUT2D eigenvalue weighted by Crippen LogP contribution is 2.34. The molecule has 140 valence electrons. The van der Waals surface area contributed by atoms with Gasteiger partial charge in [-0.15, -0.1) is 0 Å². The van der Waals surface area contributed by atoms with Gasteiger partial charge in [-0.3, -0.25) is 4.79 Å². The van der Waals surface area contributed by atoms with Gasteiger partial charge >= 0.3 is 5.97 Å². The van der Waals surface area contributed by atoms with Crippen LogP contribution in [0.25, 0.3) is 0 Å². The fraction of sp³-hybridized carbons (Fsp3) is 0.211. The molecule has 1 aliphatic rings. The van der Waals surface area contributed by atoms with Crippen LogP contribution in [0.2, 0.25) is 10.0 Å². The lowest BCUT2D eigenvalue weighted by Crippen LogP contribution is -2.48. The van der Waals surface area contributed by atoms with Crippen LogP contribution in [-0.4, -0.2) is 30.2 Å². The summed E-state index contributed by atoms with van der Waals surface area (Å²) in [6, 6.07) is 13.6. The van der Waals surface area contributed by atoms with Crippen LogP contribution in [0.4, 0.5) is 11.4 Å². The van der Waals surface area contributed by atoms with E-state index in [0.717, 1.165) is 0 Å². The quantitative estimate of drug-likeness (QED) is 0.776. The Morgan fingerprint density at radius 2 is 1.63 bits per heavy atom. The Morgan fingerprint density at radius 1 is 1.07 bits per heavy atom. The second-order valence-corrected chi connectivity index (χ2v) is 7.11. The molecule has 1 aliphatic heterocycles. The van der Waals surface area contributed by atoms with Crippen LogP contribution >= 0.6 is 23.2 Å². The van der Waals surface area contributed by atoms with Crippen molar-refractivity contribution in [3.8, 4) is 0 Å². The van der Waals surface area contributed by atoms with Crippen LogP contribution in [0.3, 0.4) is 0 Å². The average Bonchev–Trinajstić information content (AvgIpc) is 3.02. The number of hydrazone groups is 1. The third-order valence-electron chi connectivity index (χ3n) is 4.26. The van der Waals surface area contributed by atoms with E-state index in [2.05, 4.69) is 10.4 Å². The van der Waals surface area contributed by atoms with Crippen LogP contribution in [0, 0.1) is 0 Å². The van der Waals surface area contributed by atoms with Crippen LogP contribution < -0.4 is 10.3 Å². The van der Waals surface area contributed by atoms with Crippen molar-refractivity contribution in [2.45, 2.75) is 18.9 Å². The summed E-state index contributed by atoms with van der Waals surface area (Å²) in [4.78, 5) is 25.1. The van der Waals surface area contributed by atoms with Crippen LogP contribution in [0.1, 0.15) is 13.3 Å². The van der Waals surface area contributed by atoms with Crippen LogP contribution in [0.15, 0.2) is 53.6 Å². The summed E-state index contributed by atoms with van der Waals surface area (Å²) < 4.78 is 4.95. The first-order valence-corrected chi connectivity index (χ1v) is 8.88. The van der Waals surface area contributed by atoms with E-state index in [9.17, 15) is 9.59 Å². The van der Waals surface area contributed by atoms with Crippen molar-refractivity contribution in [2.75, 3.05) is 17.4 Å². The van der Waals surface area contributed by atoms with E-state index >= 15 is 0 Å². The molecule has 0 saturated carbocycles. The molecule has 8 heteroatoms. The lowest BCUT2D eigenvalue weighted by atomic mass is 9.95. The van der Waals surface area contributed by atoms with E-state index in [1.54, 1.807) is 55.5 Å². The van der Waals surface area contributed by atoms with Crippen molar-refractivity contribution in [2.24, 2.45) is 5.10 Å². The van der Waals surface area contributed by atoms with Gasteiger partial charge < -0.3 is 10.1 Å². The number of carbonyl (C=O) groups is 2. The lowest BCUT2D eigenvalue weighted by molar-refractivity contribution is -0.146. The van der Waals surface area contributed by atoms with Gasteiger partial charge in [-0.1, -0.05) is 23.2 Å². The van der Waals surface area contributed by atoms with Crippen molar-refractivity contribution < 1.29 is 14.3 Å². The molecule has 1 amide bonds. The molecular weight excluding hydrogens is 389 g/mol. The molecule has 0 saturated heterocycles. The first-order chi connectivity index (χ1) is 12.8. The maximum Gasteiger partial charge on any atom is 0.333 e. The molecular formula is C19H17Cl2N3O3. The van der Waals surface area contributed by atoms with Gasteiger partial charge in [0.05, 0.1) is 12.8 Å². The molecule has 0 spiro atoms. The maximum absolute atomic E-state index is 12.7. The Bertz CT molecular complexity index is 897. The largest absolute Gasteiger partial charge is 0.467 e. The number of carbonyl (C=O) groups excluding carboxylic acids is 2. The van der Waals surface area contributed by atoms with E-state index < -0.39 is 17.4 Å². The van der Waals surface area contributed by atoms with E-state index in [-0.39, 0.29) is 12.1 Å². The summed E-state index contributed by atoms with van der Waals surface area (Å²) in [5, 5.41) is 9.77. The number of hydrogen-bond acceptors (Lipinski definition) is 5. The number of nitrogens with one attached hydrogen (secondary N) is 1. The molecule has 1 heterocycles. The molecule has 0 aliphatic carbocycles. The van der Waals surface area contributed by atoms with Crippen molar-refractivity contribution in [3.63, 3.8) is 0 Å². The van der Waals surface area contributed by atoms with Gasteiger partial charge in [-0.25, -0.2) is 9.80 Å². The van der Waals surface area contributed by atoms with E-state index in [4.69, 9.17) is 27.9 Å². The number of amides is 1. The zero-order valence-corrected chi connectivity index (χ0v) is 16.2. The highest BCUT2D eigenvalue weighted by Gasteiger charge is 2.48. The second-order valence-electron chi connectivity index (χ2n) is 6.24. The Balaban J connectivity index is 1.90. The summed E-state index contributed by atoms with van der Waals surface area (Å²) >= 11 is 11.8. The molecule has 1 atom stereocenters. The molecule has 0 aromatic heterocycles. The summed E-state index contributed by atoms with van der Waals surface area (Å²) in [7, 11) is 1.30. The molecule has 0 bridgehead atoms. The molecule has 3 rings (SSSR count). The summed E-state index contributed by atoms with van der Waals surface area (Å²) in [5.74, 6) is -0.889. The predicted molar refractivity (Wildman–Crippen MR) is 106 cm³/mol. The summed E-state index contributed by atoms with van der Waals surface area (Å²) in [6.45, 7) is 1.68. The number of halogens is 2. The predicted octanol–water partition coefficient (Wildman–Crippen LogP) is 4.13. The van der Waals surface area contributed by atoms with Crippen molar-refractivity contribution >= 4 is 52.2 Å². The number of nitrogens with zero attached hydrogens (tertiary/aromatic N) is 2. The second kappa shape index (κ2) is 7.58. The molecule has 0 fully saturated rings. The molecule has 0 radical (unpaired) electrons. The fourth-order valence-electron chi connectivity index (χ4n) is 2.83. The maximum atomic E-state index is 12.7. The smallest absolute Gasteiger partial charge is 0.333 e. The third kappa shape index (κ3) is 3.91. The van der Waals surface area contributed by atoms with E-state index in [1.165, 1.54) is 12.1 Å². The Labute approximate surface area is 166 Å². The zero-order valence-electron chi connectivity index (χ0n) is 14.7. The summed E-state index contributed by atoms with van der Waals surface area (Å²) in [5.41, 5.74) is 0.279. The van der Waals surface area contributed by atoms with Crippen molar-refractivity contribution in [3.05, 3.63) is 58.6 Å². The topological polar surface area (TPSA) is 71.0 Å². The first kappa shape index (κ1) is 19.2.